The van der Waals surface area contributed by atoms with Crippen LogP contribution in [0.2, 0.25) is 0 Å². The number of non-ortho nitro benzene ring substituents is 1. The normalized spacial score (nSPS) is 11.7. The number of nitro benzene ring substituents is 1. The second kappa shape index (κ2) is 9.20. The van der Waals surface area contributed by atoms with Crippen LogP contribution in [0.4, 0.5) is 5.69 Å². The van der Waals surface area contributed by atoms with E-state index in [1.165, 1.54) is 17.7 Å². The number of rotatable bonds is 6. The minimum atomic E-state index is -0.410. The van der Waals surface area contributed by atoms with Crippen molar-refractivity contribution >= 4 is 28.9 Å². The third kappa shape index (κ3) is 5.41. The molecule has 0 N–H and O–H groups in total. The summed E-state index contributed by atoms with van der Waals surface area (Å²) in [6, 6.07) is 22.4. The molecule has 1 aromatic heterocycles. The zero-order valence-electron chi connectivity index (χ0n) is 18.9. The van der Waals surface area contributed by atoms with Crippen molar-refractivity contribution in [1.82, 2.24) is 9.97 Å². The van der Waals surface area contributed by atoms with E-state index in [-0.39, 0.29) is 11.1 Å². The summed E-state index contributed by atoms with van der Waals surface area (Å²) in [5.41, 5.74) is 5.17. The lowest BCUT2D eigenvalue weighted by Crippen LogP contribution is -2.11. The molecule has 166 valence electrons. The van der Waals surface area contributed by atoms with Crippen LogP contribution in [0.3, 0.4) is 0 Å². The number of hydrogen-bond donors (Lipinski definition) is 0. The third-order valence-electron chi connectivity index (χ3n) is 5.27. The first-order valence-electron chi connectivity index (χ1n) is 10.7. The first kappa shape index (κ1) is 22.1. The van der Waals surface area contributed by atoms with E-state index in [0.29, 0.717) is 23.7 Å². The number of para-hydroxylation sites is 2. The molecule has 6 heteroatoms. The van der Waals surface area contributed by atoms with Gasteiger partial charge in [-0.05, 0) is 40.3 Å². The zero-order chi connectivity index (χ0) is 23.4. The van der Waals surface area contributed by atoms with Gasteiger partial charge in [-0.3, -0.25) is 10.1 Å². The Labute approximate surface area is 192 Å². The molecule has 1 heterocycles. The number of fused-ring (bicyclic) bond motifs is 1. The summed E-state index contributed by atoms with van der Waals surface area (Å²) in [5.74, 6) is 0.412. The van der Waals surface area contributed by atoms with Gasteiger partial charge in [0.2, 0.25) is 5.88 Å². The van der Waals surface area contributed by atoms with Crippen LogP contribution in [0.25, 0.3) is 23.2 Å². The van der Waals surface area contributed by atoms with E-state index in [1.54, 1.807) is 24.3 Å². The summed E-state index contributed by atoms with van der Waals surface area (Å²) >= 11 is 0. The molecule has 0 saturated heterocycles. The Hall–Kier alpha value is -4.06. The van der Waals surface area contributed by atoms with Crippen LogP contribution < -0.4 is 4.74 Å². The average molecular weight is 440 g/mol. The molecule has 4 rings (SSSR count). The predicted octanol–water partition coefficient (Wildman–Crippen LogP) is 6.58. The highest BCUT2D eigenvalue weighted by Gasteiger charge is 2.13. The van der Waals surface area contributed by atoms with Gasteiger partial charge in [-0.2, -0.15) is 0 Å². The maximum atomic E-state index is 11.1. The number of benzene rings is 3. The molecule has 0 aliphatic heterocycles. The van der Waals surface area contributed by atoms with Gasteiger partial charge in [0.05, 0.1) is 16.0 Å². The molecule has 33 heavy (non-hydrogen) atoms. The average Bonchev–Trinajstić information content (AvgIpc) is 2.81. The molecule has 0 fully saturated rings. The van der Waals surface area contributed by atoms with Gasteiger partial charge in [-0.15, -0.1) is 0 Å². The molecule has 6 nitrogen and oxygen atoms in total. The Morgan fingerprint density at radius 3 is 2.27 bits per heavy atom. The molecule has 0 saturated carbocycles. The van der Waals surface area contributed by atoms with Crippen molar-refractivity contribution in [2.45, 2.75) is 32.8 Å². The van der Waals surface area contributed by atoms with Crippen molar-refractivity contribution < 1.29 is 9.66 Å². The van der Waals surface area contributed by atoms with Gasteiger partial charge in [0.15, 0.2) is 0 Å². The molecular formula is C27H25N3O3. The van der Waals surface area contributed by atoms with E-state index in [9.17, 15) is 10.1 Å². The second-order valence-electron chi connectivity index (χ2n) is 8.82. The Morgan fingerprint density at radius 2 is 1.61 bits per heavy atom. The van der Waals surface area contributed by atoms with E-state index >= 15 is 0 Å². The van der Waals surface area contributed by atoms with Crippen molar-refractivity contribution in [3.05, 3.63) is 105 Å². The molecule has 3 aromatic carbocycles. The standard InChI is InChI=1S/C27H25N3O3/c1-27(2,3)21-14-11-20(12-15-21)18-33-26-25(28-23-9-4-5-10-24(23)29-26)16-13-19-7-6-8-22(17-19)30(31)32/h4-17H,18H2,1-3H3. The second-order valence-corrected chi connectivity index (χ2v) is 8.82. The van der Waals surface area contributed by atoms with Gasteiger partial charge in [-0.1, -0.05) is 75.4 Å². The van der Waals surface area contributed by atoms with Gasteiger partial charge >= 0.3 is 0 Å². The topological polar surface area (TPSA) is 78.2 Å². The van der Waals surface area contributed by atoms with E-state index in [4.69, 9.17) is 9.72 Å². The summed E-state index contributed by atoms with van der Waals surface area (Å²) in [6.45, 7) is 6.91. The fraction of sp³-hybridized carbons (Fsp3) is 0.185. The summed E-state index contributed by atoms with van der Waals surface area (Å²) in [7, 11) is 0. The summed E-state index contributed by atoms with van der Waals surface area (Å²) in [5, 5.41) is 11.1. The van der Waals surface area contributed by atoms with Crippen LogP contribution in [-0.4, -0.2) is 14.9 Å². The zero-order valence-corrected chi connectivity index (χ0v) is 18.9. The molecule has 0 atom stereocenters. The molecule has 0 spiro atoms. The largest absolute Gasteiger partial charge is 0.471 e. The Kier molecular flexibility index (Phi) is 6.18. The third-order valence-corrected chi connectivity index (χ3v) is 5.27. The minimum Gasteiger partial charge on any atom is -0.471 e. The lowest BCUT2D eigenvalue weighted by atomic mass is 9.87. The quantitative estimate of drug-likeness (QED) is 0.250. The molecule has 4 aromatic rings. The maximum absolute atomic E-state index is 11.1. The Balaban J connectivity index is 1.62. The van der Waals surface area contributed by atoms with E-state index < -0.39 is 4.92 Å². The van der Waals surface area contributed by atoms with E-state index in [1.807, 2.05) is 24.3 Å². The lowest BCUT2D eigenvalue weighted by molar-refractivity contribution is -0.384. The molecule has 0 bridgehead atoms. The molecule has 0 aliphatic rings. The van der Waals surface area contributed by atoms with Crippen LogP contribution in [0, 0.1) is 10.1 Å². The van der Waals surface area contributed by atoms with Crippen molar-refractivity contribution in [1.29, 1.82) is 0 Å². The molecule has 0 unspecified atom stereocenters. The van der Waals surface area contributed by atoms with Crippen LogP contribution >= 0.6 is 0 Å². The number of hydrogen-bond acceptors (Lipinski definition) is 5. The van der Waals surface area contributed by atoms with Gasteiger partial charge < -0.3 is 4.74 Å². The number of aromatic nitrogens is 2. The highest BCUT2D eigenvalue weighted by atomic mass is 16.6. The van der Waals surface area contributed by atoms with Gasteiger partial charge in [0.1, 0.15) is 12.3 Å². The lowest BCUT2D eigenvalue weighted by Gasteiger charge is -2.19. The summed E-state index contributed by atoms with van der Waals surface area (Å²) in [6.07, 6.45) is 3.55. The van der Waals surface area contributed by atoms with E-state index in [2.05, 4.69) is 50.0 Å². The van der Waals surface area contributed by atoms with Crippen LogP contribution in [-0.2, 0) is 12.0 Å². The number of nitrogens with zero attached hydrogens (tertiary/aromatic N) is 3. The Morgan fingerprint density at radius 1 is 0.909 bits per heavy atom. The van der Waals surface area contributed by atoms with Crippen molar-refractivity contribution in [3.63, 3.8) is 0 Å². The first-order valence-corrected chi connectivity index (χ1v) is 10.7. The van der Waals surface area contributed by atoms with Crippen LogP contribution in [0.15, 0.2) is 72.8 Å². The minimum absolute atomic E-state index is 0.0388. The molecule has 0 aliphatic carbocycles. The van der Waals surface area contributed by atoms with E-state index in [0.717, 1.165) is 16.6 Å². The van der Waals surface area contributed by atoms with Gasteiger partial charge in [0, 0.05) is 12.1 Å². The summed E-state index contributed by atoms with van der Waals surface area (Å²) in [4.78, 5) is 20.0. The first-order chi connectivity index (χ1) is 15.8. The number of nitro groups is 1. The van der Waals surface area contributed by atoms with Gasteiger partial charge in [0.25, 0.3) is 5.69 Å². The van der Waals surface area contributed by atoms with Gasteiger partial charge in [-0.25, -0.2) is 9.97 Å². The molecule has 0 amide bonds. The highest BCUT2D eigenvalue weighted by molar-refractivity contribution is 5.79. The van der Waals surface area contributed by atoms with Crippen LogP contribution in [0.1, 0.15) is 43.2 Å². The SMILES string of the molecule is CC(C)(C)c1ccc(COc2nc3ccccc3nc2C=Cc2cccc([N+](=O)[O-])c2)cc1. The monoisotopic (exact) mass is 439 g/mol. The number of ether oxygens (including phenoxy) is 1. The fourth-order valence-electron chi connectivity index (χ4n) is 3.38. The predicted molar refractivity (Wildman–Crippen MR) is 131 cm³/mol. The maximum Gasteiger partial charge on any atom is 0.270 e. The highest BCUT2D eigenvalue weighted by Crippen LogP contribution is 2.25. The smallest absolute Gasteiger partial charge is 0.270 e. The van der Waals surface area contributed by atoms with Crippen molar-refractivity contribution in [3.8, 4) is 5.88 Å². The van der Waals surface area contributed by atoms with Crippen molar-refractivity contribution in [2.75, 3.05) is 0 Å². The molecule has 0 radical (unpaired) electrons. The van der Waals surface area contributed by atoms with Crippen molar-refractivity contribution in [2.24, 2.45) is 0 Å². The molecular weight excluding hydrogens is 414 g/mol. The van der Waals surface area contributed by atoms with Crippen LogP contribution in [0.5, 0.6) is 5.88 Å². The Bertz CT molecular complexity index is 1320. The summed E-state index contributed by atoms with van der Waals surface area (Å²) < 4.78 is 6.07. The fourth-order valence-corrected chi connectivity index (χ4v) is 3.38.